The maximum Gasteiger partial charge on any atom is 0.337 e. The number of nitrogens with zero attached hydrogens (tertiary/aromatic N) is 1. The summed E-state index contributed by atoms with van der Waals surface area (Å²) in [6.07, 6.45) is 0.647. The van der Waals surface area contributed by atoms with Crippen LogP contribution in [0.2, 0.25) is 0 Å². The molecule has 18 heavy (non-hydrogen) atoms. The first-order valence-electron chi connectivity index (χ1n) is 5.46. The van der Waals surface area contributed by atoms with Gasteiger partial charge in [-0.2, -0.15) is 0 Å². The minimum Gasteiger partial charge on any atom is -0.494 e. The Kier molecular flexibility index (Phi) is 2.10. The molecule has 1 aliphatic rings. The first kappa shape index (κ1) is 10.7. The van der Waals surface area contributed by atoms with E-state index >= 15 is 0 Å². The summed E-state index contributed by atoms with van der Waals surface area (Å²) in [5, 5.41) is 19.7. The molecule has 0 radical (unpaired) electrons. The number of aromatic nitrogens is 1. The van der Waals surface area contributed by atoms with E-state index in [0.29, 0.717) is 17.7 Å². The zero-order valence-electron chi connectivity index (χ0n) is 9.67. The van der Waals surface area contributed by atoms with E-state index < -0.39 is 5.97 Å². The van der Waals surface area contributed by atoms with E-state index in [4.69, 9.17) is 0 Å². The lowest BCUT2D eigenvalue weighted by Crippen LogP contribution is -2.01. The van der Waals surface area contributed by atoms with Gasteiger partial charge in [-0.1, -0.05) is 0 Å². The molecule has 2 aromatic rings. The summed E-state index contributed by atoms with van der Waals surface area (Å²) in [5.41, 5.74) is 2.59. The molecule has 0 amide bonds. The van der Waals surface area contributed by atoms with Gasteiger partial charge >= 0.3 is 5.97 Å². The highest BCUT2D eigenvalue weighted by molar-refractivity contribution is 5.89. The van der Waals surface area contributed by atoms with Crippen molar-refractivity contribution in [2.24, 2.45) is 0 Å². The highest BCUT2D eigenvalue weighted by atomic mass is 16.5. The monoisotopic (exact) mass is 245 g/mol. The number of fused-ring (bicyclic) bond motifs is 1. The van der Waals surface area contributed by atoms with Crippen LogP contribution in [0.3, 0.4) is 0 Å². The molecule has 0 bridgehead atoms. The van der Waals surface area contributed by atoms with Crippen molar-refractivity contribution in [2.75, 3.05) is 7.11 Å². The third kappa shape index (κ3) is 1.37. The van der Waals surface area contributed by atoms with E-state index in [2.05, 4.69) is 4.74 Å². The minimum absolute atomic E-state index is 0.0633. The van der Waals surface area contributed by atoms with E-state index in [1.807, 2.05) is 0 Å². The summed E-state index contributed by atoms with van der Waals surface area (Å²) in [4.78, 5) is 11.3. The summed E-state index contributed by atoms with van der Waals surface area (Å²) in [6, 6.07) is 6.46. The van der Waals surface area contributed by atoms with E-state index in [1.165, 1.54) is 11.7 Å². The first-order valence-corrected chi connectivity index (χ1v) is 5.46. The number of aromatic hydroxyl groups is 2. The largest absolute Gasteiger partial charge is 0.494 e. The van der Waals surface area contributed by atoms with Crippen LogP contribution in [0.4, 0.5) is 0 Å². The van der Waals surface area contributed by atoms with Gasteiger partial charge in [-0.3, -0.25) is 4.57 Å². The second-order valence-electron chi connectivity index (χ2n) is 4.15. The highest BCUT2D eigenvalue weighted by Gasteiger charge is 2.33. The molecule has 1 aliphatic carbocycles. The number of benzene rings is 1. The number of carbonyl (C=O) groups excluding carboxylic acids is 1. The van der Waals surface area contributed by atoms with Crippen LogP contribution in [0.1, 0.15) is 21.5 Å². The number of methoxy groups -OCH3 is 1. The molecule has 0 atom stereocenters. The molecule has 0 spiro atoms. The van der Waals surface area contributed by atoms with Crippen molar-refractivity contribution in [3.05, 3.63) is 41.0 Å². The maximum atomic E-state index is 11.3. The van der Waals surface area contributed by atoms with Crippen molar-refractivity contribution in [3.63, 3.8) is 0 Å². The van der Waals surface area contributed by atoms with Gasteiger partial charge in [0.05, 0.1) is 18.4 Å². The van der Waals surface area contributed by atoms with Crippen molar-refractivity contribution in [1.82, 2.24) is 4.57 Å². The molecule has 2 N–H and O–H groups in total. The van der Waals surface area contributed by atoms with Gasteiger partial charge in [0, 0.05) is 17.5 Å². The van der Waals surface area contributed by atoms with Crippen molar-refractivity contribution in [3.8, 4) is 17.4 Å². The van der Waals surface area contributed by atoms with Gasteiger partial charge < -0.3 is 14.9 Å². The molecule has 1 heterocycles. The van der Waals surface area contributed by atoms with Gasteiger partial charge in [0.25, 0.3) is 0 Å². The Morgan fingerprint density at radius 1 is 1.17 bits per heavy atom. The minimum atomic E-state index is -0.420. The fraction of sp³-hybridized carbons (Fsp3) is 0.154. The molecular weight excluding hydrogens is 234 g/mol. The van der Waals surface area contributed by atoms with Crippen LogP contribution < -0.4 is 0 Å². The molecule has 0 unspecified atom stereocenters. The Morgan fingerprint density at radius 2 is 1.72 bits per heavy atom. The highest BCUT2D eigenvalue weighted by Crippen LogP contribution is 2.47. The van der Waals surface area contributed by atoms with Crippen molar-refractivity contribution in [2.45, 2.75) is 6.42 Å². The smallest absolute Gasteiger partial charge is 0.337 e. The van der Waals surface area contributed by atoms with E-state index in [9.17, 15) is 15.0 Å². The molecule has 5 nitrogen and oxygen atoms in total. The molecule has 0 saturated heterocycles. The number of esters is 1. The van der Waals surface area contributed by atoms with E-state index in [1.54, 1.807) is 24.3 Å². The lowest BCUT2D eigenvalue weighted by atomic mass is 10.2. The summed E-state index contributed by atoms with van der Waals surface area (Å²) in [5.74, 6) is -0.294. The average Bonchev–Trinajstić information content (AvgIpc) is 3.14. The fourth-order valence-electron chi connectivity index (χ4n) is 2.04. The van der Waals surface area contributed by atoms with Gasteiger partial charge in [-0.05, 0) is 24.3 Å². The molecule has 5 heteroatoms. The average molecular weight is 245 g/mol. The van der Waals surface area contributed by atoms with E-state index in [-0.39, 0.29) is 11.8 Å². The Bertz CT molecular complexity index is 615. The molecule has 0 aliphatic heterocycles. The zero-order valence-corrected chi connectivity index (χ0v) is 9.67. The number of carbonyl (C=O) groups is 1. The van der Waals surface area contributed by atoms with Crippen LogP contribution in [-0.4, -0.2) is 27.9 Å². The fourth-order valence-corrected chi connectivity index (χ4v) is 2.04. The lowest BCUT2D eigenvalue weighted by Gasteiger charge is -2.09. The summed E-state index contributed by atoms with van der Waals surface area (Å²) >= 11 is 0. The number of hydrogen-bond acceptors (Lipinski definition) is 4. The molecule has 0 saturated carbocycles. The number of hydrogen-bond donors (Lipinski definition) is 2. The number of rotatable bonds is 2. The second kappa shape index (κ2) is 3.53. The molecule has 1 aromatic heterocycles. The second-order valence-corrected chi connectivity index (χ2v) is 4.15. The van der Waals surface area contributed by atoms with Crippen molar-refractivity contribution >= 4 is 5.97 Å². The van der Waals surface area contributed by atoms with Crippen LogP contribution in [-0.2, 0) is 11.2 Å². The predicted octanol–water partition coefficient (Wildman–Crippen LogP) is 1.58. The number of ether oxygens (including phenoxy) is 1. The van der Waals surface area contributed by atoms with Gasteiger partial charge in [0.15, 0.2) is 0 Å². The summed E-state index contributed by atoms with van der Waals surface area (Å²) in [7, 11) is 1.32. The molecular formula is C13H11NO4. The summed E-state index contributed by atoms with van der Waals surface area (Å²) in [6.45, 7) is 0. The Hall–Kier alpha value is -2.43. The van der Waals surface area contributed by atoms with Gasteiger partial charge in [-0.25, -0.2) is 4.79 Å². The Balaban J connectivity index is 2.01. The molecule has 3 rings (SSSR count). The predicted molar refractivity (Wildman–Crippen MR) is 63.2 cm³/mol. The van der Waals surface area contributed by atoms with Crippen LogP contribution in [0.25, 0.3) is 5.69 Å². The normalized spacial score (nSPS) is 12.1. The Morgan fingerprint density at radius 3 is 2.22 bits per heavy atom. The van der Waals surface area contributed by atoms with Crippen molar-refractivity contribution < 1.29 is 19.7 Å². The third-order valence-corrected chi connectivity index (χ3v) is 3.10. The van der Waals surface area contributed by atoms with Crippen LogP contribution in [0.15, 0.2) is 24.3 Å². The molecule has 92 valence electrons. The van der Waals surface area contributed by atoms with E-state index in [0.717, 1.165) is 11.1 Å². The quantitative estimate of drug-likeness (QED) is 0.672. The van der Waals surface area contributed by atoms with Crippen LogP contribution in [0.5, 0.6) is 11.8 Å². The first-order chi connectivity index (χ1) is 8.63. The van der Waals surface area contributed by atoms with Gasteiger partial charge in [-0.15, -0.1) is 0 Å². The maximum absolute atomic E-state index is 11.3. The van der Waals surface area contributed by atoms with Crippen LogP contribution >= 0.6 is 0 Å². The van der Waals surface area contributed by atoms with Crippen LogP contribution in [0, 0.1) is 0 Å². The topological polar surface area (TPSA) is 71.7 Å². The third-order valence-electron chi connectivity index (χ3n) is 3.10. The summed E-state index contributed by atoms with van der Waals surface area (Å²) < 4.78 is 5.95. The molecule has 0 fully saturated rings. The SMILES string of the molecule is COC(=O)c1ccc(-n2c(O)c3c(c2O)C3)cc1. The Labute approximate surface area is 103 Å². The lowest BCUT2D eigenvalue weighted by molar-refractivity contribution is 0.0601. The van der Waals surface area contributed by atoms with Gasteiger partial charge in [0.1, 0.15) is 0 Å². The zero-order chi connectivity index (χ0) is 12.9. The molecule has 1 aromatic carbocycles. The van der Waals surface area contributed by atoms with Gasteiger partial charge in [0.2, 0.25) is 11.8 Å². The van der Waals surface area contributed by atoms with Crippen molar-refractivity contribution in [1.29, 1.82) is 0 Å². The standard InChI is InChI=1S/C13H11NO4/c1-18-13(17)7-2-4-8(5-3-7)14-11(15)9-6-10(9)12(14)16/h2-5,15-16H,6H2,1H3.